The van der Waals surface area contributed by atoms with E-state index in [0.717, 1.165) is 30.7 Å². The monoisotopic (exact) mass is 323 g/mol. The van der Waals surface area contributed by atoms with Crippen molar-refractivity contribution >= 4 is 0 Å². The van der Waals surface area contributed by atoms with Gasteiger partial charge in [-0.3, -0.25) is 4.90 Å². The van der Waals surface area contributed by atoms with Gasteiger partial charge < -0.3 is 5.11 Å². The number of halogens is 3. The fourth-order valence-corrected chi connectivity index (χ4v) is 2.40. The molecule has 0 atom stereocenters. The third-order valence-electron chi connectivity index (χ3n) is 3.66. The van der Waals surface area contributed by atoms with Crippen LogP contribution in [0.4, 0.5) is 13.2 Å². The van der Waals surface area contributed by atoms with Crippen LogP contribution >= 0.6 is 0 Å². The van der Waals surface area contributed by atoms with Gasteiger partial charge in [-0.05, 0) is 29.7 Å². The van der Waals surface area contributed by atoms with Gasteiger partial charge in [0.1, 0.15) is 0 Å². The fourth-order valence-electron chi connectivity index (χ4n) is 2.40. The molecular formula is C18H20F3NO. The molecule has 0 aliphatic heterocycles. The van der Waals surface area contributed by atoms with E-state index in [-0.39, 0.29) is 6.61 Å². The van der Waals surface area contributed by atoms with Crippen LogP contribution in [0.1, 0.15) is 16.7 Å². The third kappa shape index (κ3) is 5.69. The summed E-state index contributed by atoms with van der Waals surface area (Å²) in [4.78, 5) is 2.04. The molecule has 2 nitrogen and oxygen atoms in total. The van der Waals surface area contributed by atoms with E-state index in [1.807, 2.05) is 35.2 Å². The van der Waals surface area contributed by atoms with Crippen LogP contribution in [0.3, 0.4) is 0 Å². The van der Waals surface area contributed by atoms with Crippen LogP contribution in [0.5, 0.6) is 0 Å². The quantitative estimate of drug-likeness (QED) is 0.839. The maximum absolute atomic E-state index is 12.6. The molecule has 124 valence electrons. The lowest BCUT2D eigenvalue weighted by atomic mass is 10.1. The average Bonchev–Trinajstić information content (AvgIpc) is 2.53. The van der Waals surface area contributed by atoms with Crippen LogP contribution in [-0.4, -0.2) is 29.7 Å². The molecule has 0 unspecified atom stereocenters. The van der Waals surface area contributed by atoms with E-state index in [1.165, 1.54) is 17.7 Å². The Hall–Kier alpha value is -1.85. The van der Waals surface area contributed by atoms with Crippen molar-refractivity contribution in [3.8, 4) is 0 Å². The van der Waals surface area contributed by atoms with Gasteiger partial charge in [-0.15, -0.1) is 0 Å². The number of aliphatic hydroxyl groups excluding tert-OH is 1. The molecule has 5 heteroatoms. The lowest BCUT2D eigenvalue weighted by Crippen LogP contribution is -2.28. The second-order valence-electron chi connectivity index (χ2n) is 5.43. The molecule has 0 aliphatic carbocycles. The van der Waals surface area contributed by atoms with E-state index in [1.54, 1.807) is 0 Å². The Morgan fingerprint density at radius 2 is 1.48 bits per heavy atom. The van der Waals surface area contributed by atoms with Crippen molar-refractivity contribution in [3.05, 3.63) is 71.3 Å². The van der Waals surface area contributed by atoms with Gasteiger partial charge >= 0.3 is 6.18 Å². The summed E-state index contributed by atoms with van der Waals surface area (Å²) in [5.41, 5.74) is 1.36. The second-order valence-corrected chi connectivity index (χ2v) is 5.43. The summed E-state index contributed by atoms with van der Waals surface area (Å²) in [6.07, 6.45) is -3.47. The van der Waals surface area contributed by atoms with Crippen molar-refractivity contribution in [1.29, 1.82) is 0 Å². The highest BCUT2D eigenvalue weighted by Gasteiger charge is 2.29. The first-order valence-electron chi connectivity index (χ1n) is 7.52. The Labute approximate surface area is 134 Å². The topological polar surface area (TPSA) is 23.5 Å². The van der Waals surface area contributed by atoms with Gasteiger partial charge in [-0.1, -0.05) is 42.5 Å². The van der Waals surface area contributed by atoms with Gasteiger partial charge in [0.2, 0.25) is 0 Å². The van der Waals surface area contributed by atoms with Crippen LogP contribution < -0.4 is 0 Å². The maximum Gasteiger partial charge on any atom is 0.416 e. The lowest BCUT2D eigenvalue weighted by molar-refractivity contribution is -0.137. The van der Waals surface area contributed by atoms with Gasteiger partial charge in [0.05, 0.1) is 12.2 Å². The highest BCUT2D eigenvalue weighted by Crippen LogP contribution is 2.29. The van der Waals surface area contributed by atoms with Gasteiger partial charge in [0, 0.05) is 19.6 Å². The van der Waals surface area contributed by atoms with E-state index in [2.05, 4.69) is 0 Å². The molecule has 2 rings (SSSR count). The predicted octanol–water partition coefficient (Wildman–Crippen LogP) is 3.74. The molecule has 0 radical (unpaired) electrons. The van der Waals surface area contributed by atoms with Crippen molar-refractivity contribution in [1.82, 2.24) is 4.90 Å². The second kappa shape index (κ2) is 8.13. The van der Waals surface area contributed by atoms with Crippen molar-refractivity contribution in [3.63, 3.8) is 0 Å². The smallest absolute Gasteiger partial charge is 0.395 e. The van der Waals surface area contributed by atoms with E-state index < -0.39 is 11.7 Å². The van der Waals surface area contributed by atoms with Crippen molar-refractivity contribution in [2.75, 3.05) is 19.7 Å². The van der Waals surface area contributed by atoms with Gasteiger partial charge in [-0.25, -0.2) is 0 Å². The summed E-state index contributed by atoms with van der Waals surface area (Å²) >= 11 is 0. The molecule has 0 saturated carbocycles. The summed E-state index contributed by atoms with van der Waals surface area (Å²) in [5, 5.41) is 9.17. The highest BCUT2D eigenvalue weighted by molar-refractivity contribution is 5.24. The Kier molecular flexibility index (Phi) is 6.19. The summed E-state index contributed by atoms with van der Waals surface area (Å²) in [5.74, 6) is 0. The highest BCUT2D eigenvalue weighted by atomic mass is 19.4. The van der Waals surface area contributed by atoms with Crippen molar-refractivity contribution in [2.45, 2.75) is 19.1 Å². The summed E-state index contributed by atoms with van der Waals surface area (Å²) in [7, 11) is 0. The van der Waals surface area contributed by atoms with Crippen LogP contribution in [0.2, 0.25) is 0 Å². The summed E-state index contributed by atoms with van der Waals surface area (Å²) in [6.45, 7) is 1.78. The molecule has 23 heavy (non-hydrogen) atoms. The van der Waals surface area contributed by atoms with Crippen LogP contribution in [0.25, 0.3) is 0 Å². The van der Waals surface area contributed by atoms with Gasteiger partial charge in [-0.2, -0.15) is 13.2 Å². The Morgan fingerprint density at radius 1 is 0.826 bits per heavy atom. The summed E-state index contributed by atoms with van der Waals surface area (Å²) in [6, 6.07) is 15.2. The molecule has 0 fully saturated rings. The number of alkyl halides is 3. The van der Waals surface area contributed by atoms with Crippen molar-refractivity contribution < 1.29 is 18.3 Å². The standard InChI is InChI=1S/C18H20F3NO/c19-18(20,21)17-8-6-16(7-9-17)14-22(12-13-23)11-10-15-4-2-1-3-5-15/h1-9,23H,10-14H2. The molecule has 0 spiro atoms. The Balaban J connectivity index is 1.96. The minimum absolute atomic E-state index is 0.0232. The molecule has 0 saturated heterocycles. The molecule has 0 aliphatic rings. The van der Waals surface area contributed by atoms with Gasteiger partial charge in [0.25, 0.3) is 0 Å². The lowest BCUT2D eigenvalue weighted by Gasteiger charge is -2.21. The zero-order chi connectivity index (χ0) is 16.7. The fraction of sp³-hybridized carbons (Fsp3) is 0.333. The first-order valence-corrected chi connectivity index (χ1v) is 7.52. The largest absolute Gasteiger partial charge is 0.416 e. The molecule has 2 aromatic rings. The Morgan fingerprint density at radius 3 is 2.04 bits per heavy atom. The predicted molar refractivity (Wildman–Crippen MR) is 84.0 cm³/mol. The maximum atomic E-state index is 12.6. The normalized spacial score (nSPS) is 11.9. The number of rotatable bonds is 7. The SMILES string of the molecule is OCCN(CCc1ccccc1)Cc1ccc(C(F)(F)F)cc1. The zero-order valence-electron chi connectivity index (χ0n) is 12.8. The average molecular weight is 323 g/mol. The molecule has 0 bridgehead atoms. The molecular weight excluding hydrogens is 303 g/mol. The van der Waals surface area contributed by atoms with Crippen LogP contribution in [-0.2, 0) is 19.1 Å². The van der Waals surface area contributed by atoms with Crippen LogP contribution in [0.15, 0.2) is 54.6 Å². The van der Waals surface area contributed by atoms with E-state index >= 15 is 0 Å². The van der Waals surface area contributed by atoms with E-state index in [9.17, 15) is 18.3 Å². The Bertz CT molecular complexity index is 581. The van der Waals surface area contributed by atoms with E-state index in [4.69, 9.17) is 0 Å². The molecule has 2 aromatic carbocycles. The zero-order valence-corrected chi connectivity index (χ0v) is 12.8. The minimum atomic E-state index is -4.31. The summed E-state index contributed by atoms with van der Waals surface area (Å²) < 4.78 is 37.7. The van der Waals surface area contributed by atoms with Gasteiger partial charge in [0.15, 0.2) is 0 Å². The number of nitrogens with zero attached hydrogens (tertiary/aromatic N) is 1. The number of hydrogen-bond donors (Lipinski definition) is 1. The first-order chi connectivity index (χ1) is 11.0. The number of aliphatic hydroxyl groups is 1. The number of benzene rings is 2. The van der Waals surface area contributed by atoms with E-state index in [0.29, 0.717) is 13.1 Å². The molecule has 0 aromatic heterocycles. The van der Waals surface area contributed by atoms with Crippen molar-refractivity contribution in [2.24, 2.45) is 0 Å². The number of hydrogen-bond acceptors (Lipinski definition) is 2. The molecule has 1 N–H and O–H groups in total. The molecule has 0 heterocycles. The first kappa shape index (κ1) is 17.5. The molecule has 0 amide bonds. The minimum Gasteiger partial charge on any atom is -0.395 e. The third-order valence-corrected chi connectivity index (χ3v) is 3.66. The van der Waals surface area contributed by atoms with Crippen LogP contribution in [0, 0.1) is 0 Å².